The maximum atomic E-state index is 12.2. The van der Waals surface area contributed by atoms with Crippen LogP contribution in [0.5, 0.6) is 0 Å². The van der Waals surface area contributed by atoms with Crippen LogP contribution in [0.2, 0.25) is 0 Å². The van der Waals surface area contributed by atoms with Gasteiger partial charge in [-0.25, -0.2) is 0 Å². The predicted molar refractivity (Wildman–Crippen MR) is 77.6 cm³/mol. The van der Waals surface area contributed by atoms with Crippen molar-refractivity contribution in [2.24, 2.45) is 0 Å². The van der Waals surface area contributed by atoms with Gasteiger partial charge in [0.05, 0.1) is 11.4 Å². The summed E-state index contributed by atoms with van der Waals surface area (Å²) in [7, 11) is -1.27. The monoisotopic (exact) mass is 298 g/mol. The Balaban J connectivity index is 1.84. The van der Waals surface area contributed by atoms with Crippen LogP contribution in [0.1, 0.15) is 50.5 Å². The molecular formula is C14H22N2O3S. The zero-order valence-electron chi connectivity index (χ0n) is 12.1. The molecule has 1 aromatic rings. The lowest BCUT2D eigenvalue weighted by atomic mass is 9.95. The highest BCUT2D eigenvalue weighted by Crippen LogP contribution is 2.18. The first kappa shape index (κ1) is 15.2. The molecule has 6 heteroatoms. The van der Waals surface area contributed by atoms with Crippen LogP contribution in [0.4, 0.5) is 0 Å². The molecule has 112 valence electrons. The summed E-state index contributed by atoms with van der Waals surface area (Å²) in [6.07, 6.45) is 5.65. The van der Waals surface area contributed by atoms with Crippen LogP contribution in [0, 0.1) is 6.92 Å². The molecule has 1 aromatic heterocycles. The fourth-order valence-electron chi connectivity index (χ4n) is 2.44. The third kappa shape index (κ3) is 4.16. The average Bonchev–Trinajstić information content (AvgIpc) is 2.84. The van der Waals surface area contributed by atoms with E-state index in [1.54, 1.807) is 19.9 Å². The van der Waals surface area contributed by atoms with Gasteiger partial charge in [0.1, 0.15) is 11.0 Å². The van der Waals surface area contributed by atoms with Gasteiger partial charge in [-0.1, -0.05) is 24.4 Å². The van der Waals surface area contributed by atoms with Crippen LogP contribution in [0.15, 0.2) is 10.6 Å². The number of amides is 1. The van der Waals surface area contributed by atoms with E-state index < -0.39 is 16.0 Å². The van der Waals surface area contributed by atoms with Crippen molar-refractivity contribution in [2.75, 3.05) is 0 Å². The second-order valence-corrected chi connectivity index (χ2v) is 7.20. The Kier molecular flexibility index (Phi) is 5.34. The van der Waals surface area contributed by atoms with E-state index in [1.807, 2.05) is 0 Å². The SMILES string of the molecule is Cc1cc(CS(=O)C(C)C(=O)NC2CCCCC2)no1. The number of aromatic nitrogens is 1. The third-order valence-corrected chi connectivity index (χ3v) is 5.27. The second-order valence-electron chi connectivity index (χ2n) is 5.44. The summed E-state index contributed by atoms with van der Waals surface area (Å²) >= 11 is 0. The molecule has 2 atom stereocenters. The molecule has 2 rings (SSSR count). The van der Waals surface area contributed by atoms with Gasteiger partial charge in [0.2, 0.25) is 5.91 Å². The van der Waals surface area contributed by atoms with Crippen LogP contribution >= 0.6 is 0 Å². The van der Waals surface area contributed by atoms with Gasteiger partial charge < -0.3 is 9.84 Å². The second kappa shape index (κ2) is 7.02. The fourth-order valence-corrected chi connectivity index (χ4v) is 3.43. The van der Waals surface area contributed by atoms with Crippen molar-refractivity contribution in [3.63, 3.8) is 0 Å². The molecule has 0 radical (unpaired) electrons. The van der Waals surface area contributed by atoms with Gasteiger partial charge in [0, 0.05) is 22.9 Å². The zero-order chi connectivity index (χ0) is 14.5. The first-order valence-electron chi connectivity index (χ1n) is 7.16. The van der Waals surface area contributed by atoms with Gasteiger partial charge in [-0.05, 0) is 26.7 Å². The van der Waals surface area contributed by atoms with Crippen molar-refractivity contribution in [3.8, 4) is 0 Å². The highest BCUT2D eigenvalue weighted by molar-refractivity contribution is 7.85. The minimum atomic E-state index is -1.27. The molecule has 2 unspecified atom stereocenters. The van der Waals surface area contributed by atoms with Gasteiger partial charge in [-0.3, -0.25) is 9.00 Å². The van der Waals surface area contributed by atoms with E-state index in [9.17, 15) is 9.00 Å². The van der Waals surface area contributed by atoms with E-state index >= 15 is 0 Å². The molecule has 0 aromatic carbocycles. The summed E-state index contributed by atoms with van der Waals surface area (Å²) in [6.45, 7) is 3.50. The molecule has 0 aliphatic heterocycles. The summed E-state index contributed by atoms with van der Waals surface area (Å²) in [5.74, 6) is 0.836. The van der Waals surface area contributed by atoms with Crippen molar-refractivity contribution >= 4 is 16.7 Å². The number of hydrogen-bond donors (Lipinski definition) is 1. The minimum Gasteiger partial charge on any atom is -0.361 e. The van der Waals surface area contributed by atoms with Crippen molar-refractivity contribution in [2.45, 2.75) is 63.0 Å². The molecule has 0 saturated heterocycles. The lowest BCUT2D eigenvalue weighted by Gasteiger charge is -2.24. The first-order valence-corrected chi connectivity index (χ1v) is 8.54. The van der Waals surface area contributed by atoms with E-state index in [-0.39, 0.29) is 17.7 Å². The van der Waals surface area contributed by atoms with E-state index in [1.165, 1.54) is 19.3 Å². The quantitative estimate of drug-likeness (QED) is 0.903. The molecule has 1 heterocycles. The van der Waals surface area contributed by atoms with Crippen LogP contribution in [0.25, 0.3) is 0 Å². The lowest BCUT2D eigenvalue weighted by molar-refractivity contribution is -0.121. The van der Waals surface area contributed by atoms with Crippen LogP contribution in [0.3, 0.4) is 0 Å². The zero-order valence-corrected chi connectivity index (χ0v) is 12.9. The minimum absolute atomic E-state index is 0.115. The maximum absolute atomic E-state index is 12.2. The Morgan fingerprint density at radius 1 is 1.50 bits per heavy atom. The van der Waals surface area contributed by atoms with Gasteiger partial charge in [0.15, 0.2) is 0 Å². The smallest absolute Gasteiger partial charge is 0.235 e. The van der Waals surface area contributed by atoms with Crippen LogP contribution in [-0.2, 0) is 21.3 Å². The Morgan fingerprint density at radius 3 is 2.80 bits per heavy atom. The number of aryl methyl sites for hydroxylation is 1. The van der Waals surface area contributed by atoms with Gasteiger partial charge in [-0.15, -0.1) is 0 Å². The molecule has 1 saturated carbocycles. The van der Waals surface area contributed by atoms with Crippen LogP contribution < -0.4 is 5.32 Å². The molecule has 5 nitrogen and oxygen atoms in total. The summed E-state index contributed by atoms with van der Waals surface area (Å²) in [4.78, 5) is 12.1. The van der Waals surface area contributed by atoms with Gasteiger partial charge >= 0.3 is 0 Å². The third-order valence-electron chi connectivity index (χ3n) is 3.68. The highest BCUT2D eigenvalue weighted by atomic mass is 32.2. The Hall–Kier alpha value is -1.17. The standard InChI is InChI=1S/C14H22N2O3S/c1-10-8-13(16-19-10)9-20(18)11(2)14(17)15-12-6-4-3-5-7-12/h8,11-12H,3-7,9H2,1-2H3,(H,15,17). The molecule has 1 N–H and O–H groups in total. The summed E-state index contributed by atoms with van der Waals surface area (Å²) < 4.78 is 17.1. The van der Waals surface area contributed by atoms with Crippen molar-refractivity contribution in [1.82, 2.24) is 10.5 Å². The maximum Gasteiger partial charge on any atom is 0.235 e. The number of nitrogens with one attached hydrogen (secondary N) is 1. The number of nitrogens with zero attached hydrogens (tertiary/aromatic N) is 1. The molecular weight excluding hydrogens is 276 g/mol. The number of hydrogen-bond acceptors (Lipinski definition) is 4. The van der Waals surface area contributed by atoms with Gasteiger partial charge in [-0.2, -0.15) is 0 Å². The average molecular weight is 298 g/mol. The van der Waals surface area contributed by atoms with E-state index in [2.05, 4.69) is 10.5 Å². The molecule has 20 heavy (non-hydrogen) atoms. The Bertz CT molecular complexity index is 481. The molecule has 1 amide bonds. The predicted octanol–water partition coefficient (Wildman–Crippen LogP) is 2.07. The number of rotatable bonds is 5. The van der Waals surface area contributed by atoms with E-state index in [0.717, 1.165) is 12.8 Å². The van der Waals surface area contributed by atoms with Gasteiger partial charge in [0.25, 0.3) is 0 Å². The van der Waals surface area contributed by atoms with Crippen molar-refractivity contribution in [1.29, 1.82) is 0 Å². The van der Waals surface area contributed by atoms with E-state index in [4.69, 9.17) is 4.52 Å². The highest BCUT2D eigenvalue weighted by Gasteiger charge is 2.24. The normalized spacial score (nSPS) is 19.5. The molecule has 1 fully saturated rings. The largest absolute Gasteiger partial charge is 0.361 e. The summed E-state index contributed by atoms with van der Waals surface area (Å²) in [6, 6.07) is 2.01. The van der Waals surface area contributed by atoms with Crippen molar-refractivity contribution in [3.05, 3.63) is 17.5 Å². The van der Waals surface area contributed by atoms with Crippen LogP contribution in [-0.4, -0.2) is 26.6 Å². The van der Waals surface area contributed by atoms with E-state index in [0.29, 0.717) is 11.5 Å². The van der Waals surface area contributed by atoms with Crippen molar-refractivity contribution < 1.29 is 13.5 Å². The number of carbonyl (C=O) groups is 1. The molecule has 1 aliphatic rings. The molecule has 0 bridgehead atoms. The summed E-state index contributed by atoms with van der Waals surface area (Å²) in [5.41, 5.74) is 0.637. The fraction of sp³-hybridized carbons (Fsp3) is 0.714. The first-order chi connectivity index (χ1) is 9.56. The Labute approximate surface area is 121 Å². The topological polar surface area (TPSA) is 72.2 Å². The Morgan fingerprint density at radius 2 is 2.20 bits per heavy atom. The molecule has 1 aliphatic carbocycles. The molecule has 0 spiro atoms. The lowest BCUT2D eigenvalue weighted by Crippen LogP contribution is -2.42. The summed E-state index contributed by atoms with van der Waals surface area (Å²) in [5, 5.41) is 6.31. The number of carbonyl (C=O) groups excluding carboxylic acids is 1.